The number of aromatic nitrogens is 3. The minimum atomic E-state index is -1.48. The first-order valence-corrected chi connectivity index (χ1v) is 12.5. The molecule has 2 unspecified atom stereocenters. The molecule has 5 rings (SSSR count). The van der Waals surface area contributed by atoms with Gasteiger partial charge in [0.25, 0.3) is 0 Å². The maximum Gasteiger partial charge on any atom is 0.208 e. The first kappa shape index (κ1) is 19.8. The lowest BCUT2D eigenvalue weighted by atomic mass is 10.2. The van der Waals surface area contributed by atoms with Gasteiger partial charge >= 0.3 is 0 Å². The molecule has 9 heteroatoms. The van der Waals surface area contributed by atoms with E-state index in [0.29, 0.717) is 22.0 Å². The van der Waals surface area contributed by atoms with Gasteiger partial charge in [0.2, 0.25) is 5.43 Å². The van der Waals surface area contributed by atoms with Gasteiger partial charge in [-0.15, -0.1) is 11.3 Å². The lowest BCUT2D eigenvalue weighted by Crippen LogP contribution is -2.34. The zero-order valence-electron chi connectivity index (χ0n) is 17.0. The molecule has 0 saturated carbocycles. The van der Waals surface area contributed by atoms with Gasteiger partial charge < -0.3 is 4.90 Å². The fourth-order valence-corrected chi connectivity index (χ4v) is 6.33. The summed E-state index contributed by atoms with van der Waals surface area (Å²) in [4.78, 5) is 25.2. The molecule has 3 aromatic heterocycles. The second-order valence-electron chi connectivity index (χ2n) is 7.97. The van der Waals surface area contributed by atoms with Crippen molar-refractivity contribution in [3.63, 3.8) is 0 Å². The van der Waals surface area contributed by atoms with E-state index < -0.39 is 11.0 Å². The molecule has 3 aromatic rings. The van der Waals surface area contributed by atoms with Gasteiger partial charge in [0.1, 0.15) is 21.7 Å². The fourth-order valence-electron chi connectivity index (χ4n) is 4.38. The predicted octanol–water partition coefficient (Wildman–Crippen LogP) is 3.34. The Balaban J connectivity index is 1.67. The highest BCUT2D eigenvalue weighted by Crippen LogP contribution is 2.27. The number of anilines is 1. The van der Waals surface area contributed by atoms with Gasteiger partial charge in [0.05, 0.1) is 5.39 Å². The van der Waals surface area contributed by atoms with E-state index in [1.54, 1.807) is 12.4 Å². The van der Waals surface area contributed by atoms with Crippen LogP contribution in [-0.4, -0.2) is 48.7 Å². The van der Waals surface area contributed by atoms with E-state index in [0.717, 1.165) is 62.7 Å². The number of hydrogen-bond donors (Lipinski definition) is 0. The van der Waals surface area contributed by atoms with E-state index in [1.165, 1.54) is 11.3 Å². The van der Waals surface area contributed by atoms with E-state index in [2.05, 4.69) is 16.8 Å². The number of thiazole rings is 1. The van der Waals surface area contributed by atoms with E-state index in [4.69, 9.17) is 4.98 Å². The Hall–Kier alpha value is -2.10. The first-order chi connectivity index (χ1) is 14.6. The van der Waals surface area contributed by atoms with E-state index >= 15 is 0 Å². The molecule has 0 aromatic carbocycles. The van der Waals surface area contributed by atoms with Crippen LogP contribution in [0, 0.1) is 0 Å². The molecule has 2 aliphatic heterocycles. The van der Waals surface area contributed by atoms with Crippen LogP contribution < -0.4 is 10.3 Å². The third-order valence-electron chi connectivity index (χ3n) is 6.01. The molecular formula is C21H25N5O2S2. The number of nitrogens with zero attached hydrogens (tertiary/aromatic N) is 5. The average Bonchev–Trinajstić information content (AvgIpc) is 3.46. The summed E-state index contributed by atoms with van der Waals surface area (Å²) in [5.74, 6) is 0.877. The van der Waals surface area contributed by atoms with Crippen molar-refractivity contribution in [1.29, 1.82) is 0 Å². The molecule has 158 valence electrons. The smallest absolute Gasteiger partial charge is 0.208 e. The van der Waals surface area contributed by atoms with E-state index in [1.807, 2.05) is 26.4 Å². The van der Waals surface area contributed by atoms with Crippen LogP contribution in [0.25, 0.3) is 16.2 Å². The predicted molar refractivity (Wildman–Crippen MR) is 121 cm³/mol. The van der Waals surface area contributed by atoms with Crippen LogP contribution in [-0.2, 0) is 11.0 Å². The third-order valence-corrected chi connectivity index (χ3v) is 8.29. The van der Waals surface area contributed by atoms with Crippen LogP contribution in [0.4, 0.5) is 5.82 Å². The van der Waals surface area contributed by atoms with Crippen molar-refractivity contribution in [2.45, 2.75) is 50.0 Å². The first-order valence-electron chi connectivity index (χ1n) is 10.5. The van der Waals surface area contributed by atoms with Gasteiger partial charge in [-0.25, -0.2) is 18.5 Å². The van der Waals surface area contributed by atoms with Crippen LogP contribution in [0.3, 0.4) is 0 Å². The maximum atomic E-state index is 13.3. The number of hydrogen-bond acceptors (Lipinski definition) is 6. The van der Waals surface area contributed by atoms with Crippen molar-refractivity contribution >= 4 is 39.2 Å². The quantitative estimate of drug-likeness (QED) is 0.618. The Morgan fingerprint density at radius 1 is 1.13 bits per heavy atom. The molecule has 7 nitrogen and oxygen atoms in total. The molecular weight excluding hydrogens is 418 g/mol. The van der Waals surface area contributed by atoms with Gasteiger partial charge in [-0.3, -0.25) is 9.36 Å². The van der Waals surface area contributed by atoms with Gasteiger partial charge in [-0.2, -0.15) is 0 Å². The van der Waals surface area contributed by atoms with Crippen molar-refractivity contribution in [3.05, 3.63) is 40.1 Å². The average molecular weight is 444 g/mol. The molecule has 2 fully saturated rings. The van der Waals surface area contributed by atoms with Crippen molar-refractivity contribution < 1.29 is 4.21 Å². The highest BCUT2D eigenvalue weighted by atomic mass is 32.2. The van der Waals surface area contributed by atoms with Crippen molar-refractivity contribution in [2.24, 2.45) is 0 Å². The maximum absolute atomic E-state index is 13.3. The zero-order valence-corrected chi connectivity index (χ0v) is 18.6. The monoisotopic (exact) mass is 443 g/mol. The fraction of sp³-hybridized carbons (Fsp3) is 0.476. The summed E-state index contributed by atoms with van der Waals surface area (Å²) in [6.07, 6.45) is 8.89. The molecule has 2 aliphatic rings. The molecule has 0 amide bonds. The molecule has 0 aliphatic carbocycles. The van der Waals surface area contributed by atoms with Crippen LogP contribution in [0.2, 0.25) is 0 Å². The Bertz CT molecular complexity index is 1140. The Labute approximate surface area is 182 Å². The topological polar surface area (TPSA) is 71.3 Å². The normalized spacial score (nSPS) is 21.4. The number of piperidine rings is 1. The van der Waals surface area contributed by atoms with Crippen LogP contribution in [0.1, 0.15) is 39.0 Å². The SMILES string of the molecule is CC1CCCN1c1ccc2c(=O)c(S(=O)N3CCCCC3)cn(-c3nccs3)c2n1. The summed E-state index contributed by atoms with van der Waals surface area (Å²) in [6, 6.07) is 4.19. The number of rotatable bonds is 4. The Morgan fingerprint density at radius 3 is 2.67 bits per heavy atom. The lowest BCUT2D eigenvalue weighted by Gasteiger charge is -2.25. The lowest BCUT2D eigenvalue weighted by molar-refractivity contribution is 0.365. The number of fused-ring (bicyclic) bond motifs is 1. The number of pyridine rings is 2. The second kappa shape index (κ2) is 8.20. The third kappa shape index (κ3) is 3.48. The molecule has 2 atom stereocenters. The summed E-state index contributed by atoms with van der Waals surface area (Å²) < 4.78 is 17.0. The van der Waals surface area contributed by atoms with Gasteiger partial charge in [-0.05, 0) is 44.7 Å². The summed E-state index contributed by atoms with van der Waals surface area (Å²) in [7, 11) is -1.48. The highest BCUT2D eigenvalue weighted by molar-refractivity contribution is 7.82. The summed E-state index contributed by atoms with van der Waals surface area (Å²) in [5.41, 5.74) is 0.376. The van der Waals surface area contributed by atoms with Gasteiger partial charge in [0, 0.05) is 43.4 Å². The van der Waals surface area contributed by atoms with Gasteiger partial charge in [-0.1, -0.05) is 6.42 Å². The minimum absolute atomic E-state index is 0.199. The van der Waals surface area contributed by atoms with Crippen molar-refractivity contribution in [1.82, 2.24) is 18.8 Å². The van der Waals surface area contributed by atoms with Gasteiger partial charge in [0.15, 0.2) is 10.8 Å². The molecule has 5 heterocycles. The molecule has 0 N–H and O–H groups in total. The van der Waals surface area contributed by atoms with Crippen molar-refractivity contribution in [2.75, 3.05) is 24.5 Å². The van der Waals surface area contributed by atoms with E-state index in [-0.39, 0.29) is 5.43 Å². The van der Waals surface area contributed by atoms with Crippen LogP contribution in [0.15, 0.2) is 39.6 Å². The van der Waals surface area contributed by atoms with Crippen molar-refractivity contribution in [3.8, 4) is 5.13 Å². The van der Waals surface area contributed by atoms with Crippen LogP contribution >= 0.6 is 11.3 Å². The van der Waals surface area contributed by atoms with Crippen LogP contribution in [0.5, 0.6) is 0 Å². The molecule has 0 bridgehead atoms. The minimum Gasteiger partial charge on any atom is -0.354 e. The molecule has 30 heavy (non-hydrogen) atoms. The van der Waals surface area contributed by atoms with E-state index in [9.17, 15) is 9.00 Å². The molecule has 2 saturated heterocycles. The Kier molecular flexibility index (Phi) is 5.43. The Morgan fingerprint density at radius 2 is 1.97 bits per heavy atom. The zero-order chi connectivity index (χ0) is 20.7. The molecule has 0 radical (unpaired) electrons. The highest BCUT2D eigenvalue weighted by Gasteiger charge is 2.25. The summed E-state index contributed by atoms with van der Waals surface area (Å²) in [5, 5.41) is 3.10. The largest absolute Gasteiger partial charge is 0.354 e. The summed E-state index contributed by atoms with van der Waals surface area (Å²) in [6.45, 7) is 4.69. The molecule has 0 spiro atoms. The standard InChI is InChI=1S/C21H25N5O2S2/c1-15-6-5-12-25(15)18-8-7-16-19(27)17(30(28)24-10-3-2-4-11-24)14-26(20(16)23-18)21-22-9-13-29-21/h7-9,13-15H,2-6,10-12H2,1H3. The summed E-state index contributed by atoms with van der Waals surface area (Å²) >= 11 is 1.48. The second-order valence-corrected chi connectivity index (χ2v) is 10.3.